The van der Waals surface area contributed by atoms with E-state index in [0.29, 0.717) is 10.7 Å². The van der Waals surface area contributed by atoms with Gasteiger partial charge in [0.05, 0.1) is 5.52 Å². The average Bonchev–Trinajstić information content (AvgIpc) is 2.17. The van der Waals surface area contributed by atoms with Crippen molar-refractivity contribution in [3.8, 4) is 0 Å². The van der Waals surface area contributed by atoms with E-state index in [4.69, 9.17) is 11.6 Å². The number of aryl methyl sites for hydroxylation is 2. The fourth-order valence-corrected chi connectivity index (χ4v) is 1.72. The van der Waals surface area contributed by atoms with Crippen molar-refractivity contribution >= 4 is 22.5 Å². The summed E-state index contributed by atoms with van der Waals surface area (Å²) in [5, 5.41) is 1.25. The predicted octanol–water partition coefficient (Wildman–Crippen LogP) is 1.90. The maximum absolute atomic E-state index is 11.6. The van der Waals surface area contributed by atoms with E-state index in [-0.39, 0.29) is 5.56 Å². The number of aromatic nitrogens is 2. The maximum atomic E-state index is 11.6. The van der Waals surface area contributed by atoms with Gasteiger partial charge in [-0.05, 0) is 19.1 Å². The fraction of sp³-hybridized carbons (Fsp3) is 0.200. The molecule has 0 aliphatic carbocycles. The number of halogens is 1. The van der Waals surface area contributed by atoms with Crippen molar-refractivity contribution in [1.29, 1.82) is 0 Å². The SMILES string of the molecule is Cc1cc2c(Cl)nccc2n(C)c1=O. The quantitative estimate of drug-likeness (QED) is 0.620. The highest BCUT2D eigenvalue weighted by Crippen LogP contribution is 2.19. The maximum Gasteiger partial charge on any atom is 0.253 e. The monoisotopic (exact) mass is 208 g/mol. The number of rotatable bonds is 0. The minimum Gasteiger partial charge on any atom is -0.311 e. The van der Waals surface area contributed by atoms with E-state index in [1.165, 1.54) is 0 Å². The van der Waals surface area contributed by atoms with Gasteiger partial charge in [-0.15, -0.1) is 0 Å². The van der Waals surface area contributed by atoms with Crippen LogP contribution in [0.5, 0.6) is 0 Å². The van der Waals surface area contributed by atoms with Crippen LogP contribution in [0.3, 0.4) is 0 Å². The standard InChI is InChI=1S/C10H9ClN2O/c1-6-5-7-8(13(2)10(6)14)3-4-12-9(7)11/h3-5H,1-2H3. The molecule has 0 aliphatic rings. The first kappa shape index (κ1) is 9.21. The molecule has 0 saturated carbocycles. The van der Waals surface area contributed by atoms with Gasteiger partial charge in [0.2, 0.25) is 0 Å². The van der Waals surface area contributed by atoms with Crippen molar-refractivity contribution < 1.29 is 0 Å². The van der Waals surface area contributed by atoms with Crippen LogP contribution in [0, 0.1) is 6.92 Å². The Morgan fingerprint density at radius 1 is 1.50 bits per heavy atom. The molecule has 2 aromatic rings. The Kier molecular flexibility index (Phi) is 2.04. The fourth-order valence-electron chi connectivity index (χ4n) is 1.52. The Morgan fingerprint density at radius 3 is 2.93 bits per heavy atom. The van der Waals surface area contributed by atoms with Gasteiger partial charge in [0, 0.05) is 24.2 Å². The minimum atomic E-state index is -0.000216. The van der Waals surface area contributed by atoms with E-state index in [0.717, 1.165) is 10.9 Å². The summed E-state index contributed by atoms with van der Waals surface area (Å²) in [7, 11) is 1.73. The molecule has 0 aromatic carbocycles. The number of nitrogens with zero attached hydrogens (tertiary/aromatic N) is 2. The first-order valence-electron chi connectivity index (χ1n) is 4.22. The second-order valence-electron chi connectivity index (χ2n) is 3.23. The molecule has 2 heterocycles. The molecule has 72 valence electrons. The minimum absolute atomic E-state index is 0.000216. The van der Waals surface area contributed by atoms with Crippen LogP contribution in [0.2, 0.25) is 5.15 Å². The summed E-state index contributed by atoms with van der Waals surface area (Å²) in [5.74, 6) is 0. The van der Waals surface area contributed by atoms with Crippen molar-refractivity contribution in [1.82, 2.24) is 9.55 Å². The first-order valence-corrected chi connectivity index (χ1v) is 4.60. The molecule has 0 fully saturated rings. The largest absolute Gasteiger partial charge is 0.311 e. The van der Waals surface area contributed by atoms with Gasteiger partial charge in [-0.25, -0.2) is 4.98 Å². The number of fused-ring (bicyclic) bond motifs is 1. The second-order valence-corrected chi connectivity index (χ2v) is 3.58. The zero-order chi connectivity index (χ0) is 10.3. The Bertz CT molecular complexity index is 560. The van der Waals surface area contributed by atoms with Crippen molar-refractivity contribution in [2.24, 2.45) is 7.05 Å². The third-order valence-electron chi connectivity index (χ3n) is 2.28. The molecule has 0 N–H and O–H groups in total. The number of hydrogen-bond donors (Lipinski definition) is 0. The molecule has 3 nitrogen and oxygen atoms in total. The van der Waals surface area contributed by atoms with E-state index >= 15 is 0 Å². The summed E-state index contributed by atoms with van der Waals surface area (Å²) in [5.41, 5.74) is 1.48. The van der Waals surface area contributed by atoms with Crippen LogP contribution < -0.4 is 5.56 Å². The van der Waals surface area contributed by atoms with Crippen molar-refractivity contribution in [3.05, 3.63) is 39.4 Å². The van der Waals surface area contributed by atoms with E-state index in [2.05, 4.69) is 4.98 Å². The van der Waals surface area contributed by atoms with Crippen LogP contribution in [-0.4, -0.2) is 9.55 Å². The summed E-state index contributed by atoms with van der Waals surface area (Å²) < 4.78 is 1.58. The summed E-state index contributed by atoms with van der Waals surface area (Å²) in [6.45, 7) is 1.77. The molecule has 0 aliphatic heterocycles. The molecule has 2 aromatic heterocycles. The van der Waals surface area contributed by atoms with Crippen LogP contribution in [0.4, 0.5) is 0 Å². The van der Waals surface area contributed by atoms with Crippen molar-refractivity contribution in [2.45, 2.75) is 6.92 Å². The molecule has 0 bridgehead atoms. The van der Waals surface area contributed by atoms with Gasteiger partial charge in [0.25, 0.3) is 5.56 Å². The summed E-state index contributed by atoms with van der Waals surface area (Å²) in [6.07, 6.45) is 1.60. The zero-order valence-electron chi connectivity index (χ0n) is 7.91. The van der Waals surface area contributed by atoms with Crippen LogP contribution in [0.15, 0.2) is 23.1 Å². The van der Waals surface area contributed by atoms with Crippen LogP contribution in [-0.2, 0) is 7.05 Å². The summed E-state index contributed by atoms with van der Waals surface area (Å²) >= 11 is 5.93. The Balaban J connectivity index is 3.06. The Labute approximate surface area is 86.0 Å². The molecule has 0 unspecified atom stereocenters. The van der Waals surface area contributed by atoms with E-state index < -0.39 is 0 Å². The van der Waals surface area contributed by atoms with Gasteiger partial charge in [-0.3, -0.25) is 4.79 Å². The molecule has 14 heavy (non-hydrogen) atoms. The molecule has 0 spiro atoms. The highest BCUT2D eigenvalue weighted by atomic mass is 35.5. The third kappa shape index (κ3) is 1.21. The van der Waals surface area contributed by atoms with E-state index in [9.17, 15) is 4.79 Å². The first-order chi connectivity index (χ1) is 6.61. The highest BCUT2D eigenvalue weighted by molar-refractivity contribution is 6.34. The lowest BCUT2D eigenvalue weighted by Gasteiger charge is -2.06. The van der Waals surface area contributed by atoms with Gasteiger partial charge in [0.1, 0.15) is 5.15 Å². The molecule has 0 saturated heterocycles. The summed E-state index contributed by atoms with van der Waals surface area (Å²) in [4.78, 5) is 15.6. The highest BCUT2D eigenvalue weighted by Gasteiger charge is 2.05. The molecule has 4 heteroatoms. The topological polar surface area (TPSA) is 34.9 Å². The van der Waals surface area contributed by atoms with Gasteiger partial charge in [-0.1, -0.05) is 11.6 Å². The second kappa shape index (κ2) is 3.10. The Morgan fingerprint density at radius 2 is 2.21 bits per heavy atom. The van der Waals surface area contributed by atoms with Gasteiger partial charge >= 0.3 is 0 Å². The lowest BCUT2D eigenvalue weighted by molar-refractivity contribution is 0.892. The van der Waals surface area contributed by atoms with Crippen LogP contribution >= 0.6 is 11.6 Å². The van der Waals surface area contributed by atoms with Crippen molar-refractivity contribution in [3.63, 3.8) is 0 Å². The number of pyridine rings is 2. The average molecular weight is 209 g/mol. The lowest BCUT2D eigenvalue weighted by atomic mass is 10.2. The van der Waals surface area contributed by atoms with Gasteiger partial charge in [0.15, 0.2) is 0 Å². The molecule has 0 radical (unpaired) electrons. The molecule has 0 amide bonds. The normalized spacial score (nSPS) is 10.8. The molecule has 2 rings (SSSR count). The zero-order valence-corrected chi connectivity index (χ0v) is 8.67. The van der Waals surface area contributed by atoms with Crippen molar-refractivity contribution in [2.75, 3.05) is 0 Å². The predicted molar refractivity (Wildman–Crippen MR) is 56.7 cm³/mol. The molecular weight excluding hydrogens is 200 g/mol. The van der Waals surface area contributed by atoms with E-state index in [1.807, 2.05) is 0 Å². The smallest absolute Gasteiger partial charge is 0.253 e. The van der Waals surface area contributed by atoms with E-state index in [1.54, 1.807) is 36.9 Å². The van der Waals surface area contributed by atoms with Gasteiger partial charge < -0.3 is 4.57 Å². The van der Waals surface area contributed by atoms with Crippen LogP contribution in [0.25, 0.3) is 10.9 Å². The molecule has 0 atom stereocenters. The Hall–Kier alpha value is -1.35. The molecular formula is C10H9ClN2O. The third-order valence-corrected chi connectivity index (χ3v) is 2.58. The lowest BCUT2D eigenvalue weighted by Crippen LogP contribution is -2.19. The van der Waals surface area contributed by atoms with Gasteiger partial charge in [-0.2, -0.15) is 0 Å². The summed E-state index contributed by atoms with van der Waals surface area (Å²) in [6, 6.07) is 3.55. The van der Waals surface area contributed by atoms with Crippen LogP contribution in [0.1, 0.15) is 5.56 Å². The number of hydrogen-bond acceptors (Lipinski definition) is 2.